The van der Waals surface area contributed by atoms with Crippen molar-refractivity contribution in [2.75, 3.05) is 6.61 Å². The predicted octanol–water partition coefficient (Wildman–Crippen LogP) is 0.585. The van der Waals surface area contributed by atoms with Gasteiger partial charge in [0.25, 0.3) is 0 Å². The Balaban J connectivity index is 2.38. The van der Waals surface area contributed by atoms with E-state index in [2.05, 4.69) is 11.3 Å². The van der Waals surface area contributed by atoms with Crippen LogP contribution < -0.4 is 0 Å². The summed E-state index contributed by atoms with van der Waals surface area (Å²) in [5.41, 5.74) is 0.340. The highest BCUT2D eigenvalue weighted by atomic mass is 16.6. The van der Waals surface area contributed by atoms with Crippen LogP contribution in [-0.2, 0) is 23.9 Å². The zero-order valence-electron chi connectivity index (χ0n) is 8.45. The first kappa shape index (κ1) is 11.4. The number of carbonyl (C=O) groups is 3. The molecule has 0 radical (unpaired) electrons. The summed E-state index contributed by atoms with van der Waals surface area (Å²) in [6.45, 7) is 5.15. The third-order valence-corrected chi connectivity index (χ3v) is 2.09. The molecule has 5 nitrogen and oxygen atoms in total. The molecule has 1 unspecified atom stereocenters. The van der Waals surface area contributed by atoms with Crippen LogP contribution in [0.2, 0.25) is 0 Å². The van der Waals surface area contributed by atoms with Crippen molar-refractivity contribution in [1.82, 2.24) is 0 Å². The van der Waals surface area contributed by atoms with E-state index in [-0.39, 0.29) is 13.0 Å². The first-order valence-corrected chi connectivity index (χ1v) is 4.64. The van der Waals surface area contributed by atoms with Crippen molar-refractivity contribution in [2.24, 2.45) is 5.92 Å². The average Bonchev–Trinajstić information content (AvgIpc) is 2.52. The summed E-state index contributed by atoms with van der Waals surface area (Å²) < 4.78 is 9.11. The average molecular weight is 212 g/mol. The molecule has 0 bridgehead atoms. The van der Waals surface area contributed by atoms with E-state index in [9.17, 15) is 14.4 Å². The zero-order chi connectivity index (χ0) is 11.4. The van der Waals surface area contributed by atoms with Crippen molar-refractivity contribution in [1.29, 1.82) is 0 Å². The molecule has 1 saturated heterocycles. The minimum absolute atomic E-state index is 0.0231. The van der Waals surface area contributed by atoms with E-state index >= 15 is 0 Å². The van der Waals surface area contributed by atoms with Gasteiger partial charge in [-0.25, -0.2) is 4.79 Å². The minimum atomic E-state index is -0.661. The fourth-order valence-electron chi connectivity index (χ4n) is 1.07. The molecular formula is C10H12O5. The lowest BCUT2D eigenvalue weighted by atomic mass is 10.1. The number of hydrogen-bond donors (Lipinski definition) is 0. The quantitative estimate of drug-likeness (QED) is 0.387. The van der Waals surface area contributed by atoms with Crippen LogP contribution in [-0.4, -0.2) is 24.5 Å². The number of cyclic esters (lactones) is 2. The van der Waals surface area contributed by atoms with Crippen molar-refractivity contribution >= 4 is 17.9 Å². The molecule has 1 atom stereocenters. The molecular weight excluding hydrogens is 200 g/mol. The van der Waals surface area contributed by atoms with Crippen LogP contribution in [0.4, 0.5) is 0 Å². The third kappa shape index (κ3) is 2.90. The fourth-order valence-corrected chi connectivity index (χ4v) is 1.07. The number of ether oxygens (including phenoxy) is 2. The summed E-state index contributed by atoms with van der Waals surface area (Å²) in [5, 5.41) is 0. The van der Waals surface area contributed by atoms with Crippen molar-refractivity contribution in [3.05, 3.63) is 12.2 Å². The normalized spacial score (nSPS) is 19.9. The first-order valence-electron chi connectivity index (χ1n) is 4.64. The van der Waals surface area contributed by atoms with E-state index in [1.54, 1.807) is 6.92 Å². The Morgan fingerprint density at radius 2 is 2.27 bits per heavy atom. The van der Waals surface area contributed by atoms with Crippen LogP contribution in [0.25, 0.3) is 0 Å². The molecule has 5 heteroatoms. The Morgan fingerprint density at radius 1 is 1.60 bits per heavy atom. The minimum Gasteiger partial charge on any atom is -0.461 e. The molecule has 0 aromatic rings. The highest BCUT2D eigenvalue weighted by Gasteiger charge is 2.34. The van der Waals surface area contributed by atoms with Gasteiger partial charge in [0.2, 0.25) is 0 Å². The van der Waals surface area contributed by atoms with Gasteiger partial charge in [0.1, 0.15) is 12.5 Å². The van der Waals surface area contributed by atoms with Gasteiger partial charge in [-0.15, -0.1) is 0 Å². The van der Waals surface area contributed by atoms with Crippen LogP contribution in [0.1, 0.15) is 19.8 Å². The largest absolute Gasteiger partial charge is 0.461 e. The number of hydrogen-bond acceptors (Lipinski definition) is 5. The summed E-state index contributed by atoms with van der Waals surface area (Å²) in [6.07, 6.45) is 0.470. The van der Waals surface area contributed by atoms with Crippen molar-refractivity contribution in [2.45, 2.75) is 19.8 Å². The molecule has 1 fully saturated rings. The molecule has 0 N–H and O–H groups in total. The molecule has 0 spiro atoms. The zero-order valence-corrected chi connectivity index (χ0v) is 8.45. The van der Waals surface area contributed by atoms with E-state index in [1.165, 1.54) is 0 Å². The Bertz CT molecular complexity index is 318. The summed E-state index contributed by atoms with van der Waals surface area (Å²) in [5.74, 6) is -2.40. The number of esters is 3. The molecule has 0 amide bonds. The van der Waals surface area contributed by atoms with Gasteiger partial charge in [-0.05, 0) is 6.42 Å². The second kappa shape index (κ2) is 4.72. The monoisotopic (exact) mass is 212 g/mol. The molecule has 15 heavy (non-hydrogen) atoms. The van der Waals surface area contributed by atoms with Gasteiger partial charge in [-0.3, -0.25) is 9.59 Å². The highest BCUT2D eigenvalue weighted by molar-refractivity contribution is 5.95. The number of carbonyl (C=O) groups excluding carboxylic acids is 3. The van der Waals surface area contributed by atoms with Gasteiger partial charge in [0, 0.05) is 5.57 Å². The highest BCUT2D eigenvalue weighted by Crippen LogP contribution is 2.16. The van der Waals surface area contributed by atoms with E-state index in [0.717, 1.165) is 0 Å². The molecule has 1 aliphatic rings. The molecule has 0 aliphatic carbocycles. The lowest BCUT2D eigenvalue weighted by Crippen LogP contribution is -2.18. The third-order valence-electron chi connectivity index (χ3n) is 2.09. The molecule has 0 saturated carbocycles. The van der Waals surface area contributed by atoms with E-state index in [1.807, 2.05) is 0 Å². The molecule has 82 valence electrons. The standard InChI is InChI=1S/C10H12O5/c1-3-6(2)9(12)14-5-7-4-8(11)15-10(7)13/h7H,2-5H2,1H3. The van der Waals surface area contributed by atoms with Crippen molar-refractivity contribution in [3.8, 4) is 0 Å². The molecule has 1 aliphatic heterocycles. The Kier molecular flexibility index (Phi) is 3.60. The molecule has 0 aromatic carbocycles. The maximum absolute atomic E-state index is 11.2. The Labute approximate surface area is 87.0 Å². The van der Waals surface area contributed by atoms with Gasteiger partial charge >= 0.3 is 17.9 Å². The summed E-state index contributed by atoms with van der Waals surface area (Å²) in [4.78, 5) is 32.8. The van der Waals surface area contributed by atoms with Gasteiger partial charge in [-0.1, -0.05) is 13.5 Å². The van der Waals surface area contributed by atoms with E-state index in [0.29, 0.717) is 12.0 Å². The molecule has 1 rings (SSSR count). The van der Waals surface area contributed by atoms with Gasteiger partial charge in [0.15, 0.2) is 0 Å². The maximum atomic E-state index is 11.2. The lowest BCUT2D eigenvalue weighted by Gasteiger charge is -2.07. The van der Waals surface area contributed by atoms with Crippen LogP contribution in [0.5, 0.6) is 0 Å². The SMILES string of the molecule is C=C(CC)C(=O)OCC1CC(=O)OC1=O. The van der Waals surface area contributed by atoms with Crippen LogP contribution in [0.15, 0.2) is 12.2 Å². The van der Waals surface area contributed by atoms with E-state index < -0.39 is 23.8 Å². The number of rotatable bonds is 4. The van der Waals surface area contributed by atoms with Crippen molar-refractivity contribution < 1.29 is 23.9 Å². The maximum Gasteiger partial charge on any atom is 0.333 e. The molecule has 1 heterocycles. The molecule has 0 aromatic heterocycles. The van der Waals surface area contributed by atoms with Gasteiger partial charge in [-0.2, -0.15) is 0 Å². The topological polar surface area (TPSA) is 69.7 Å². The smallest absolute Gasteiger partial charge is 0.333 e. The van der Waals surface area contributed by atoms with Crippen LogP contribution >= 0.6 is 0 Å². The van der Waals surface area contributed by atoms with Gasteiger partial charge < -0.3 is 9.47 Å². The van der Waals surface area contributed by atoms with Crippen molar-refractivity contribution in [3.63, 3.8) is 0 Å². The van der Waals surface area contributed by atoms with Crippen LogP contribution in [0, 0.1) is 5.92 Å². The fraction of sp³-hybridized carbons (Fsp3) is 0.500. The van der Waals surface area contributed by atoms with Crippen LogP contribution in [0.3, 0.4) is 0 Å². The first-order chi connectivity index (χ1) is 7.04. The lowest BCUT2D eigenvalue weighted by molar-refractivity contribution is -0.153. The Morgan fingerprint density at radius 3 is 2.73 bits per heavy atom. The van der Waals surface area contributed by atoms with E-state index in [4.69, 9.17) is 4.74 Å². The summed E-state index contributed by atoms with van der Waals surface area (Å²) in [6, 6.07) is 0. The summed E-state index contributed by atoms with van der Waals surface area (Å²) in [7, 11) is 0. The second-order valence-electron chi connectivity index (χ2n) is 3.25. The summed E-state index contributed by atoms with van der Waals surface area (Å²) >= 11 is 0. The Hall–Kier alpha value is -1.65. The predicted molar refractivity (Wildman–Crippen MR) is 49.6 cm³/mol. The van der Waals surface area contributed by atoms with Gasteiger partial charge in [0.05, 0.1) is 6.42 Å². The second-order valence-corrected chi connectivity index (χ2v) is 3.25.